The fraction of sp³-hybridized carbons (Fsp3) is 0.727. The summed E-state index contributed by atoms with van der Waals surface area (Å²) in [6.07, 6.45) is 5.24. The van der Waals surface area contributed by atoms with Crippen molar-refractivity contribution in [3.63, 3.8) is 0 Å². The molecule has 0 aliphatic carbocycles. The Balaban J connectivity index is 3.57. The zero-order chi connectivity index (χ0) is 10.3. The van der Waals surface area contributed by atoms with Crippen molar-refractivity contribution >= 4 is 5.97 Å². The van der Waals surface area contributed by atoms with Crippen molar-refractivity contribution in [3.05, 3.63) is 11.6 Å². The van der Waals surface area contributed by atoms with E-state index in [2.05, 4.69) is 20.8 Å². The van der Waals surface area contributed by atoms with Gasteiger partial charge in [-0.1, -0.05) is 25.5 Å². The zero-order valence-corrected chi connectivity index (χ0v) is 8.84. The van der Waals surface area contributed by atoms with Gasteiger partial charge in [0.1, 0.15) is 0 Å². The van der Waals surface area contributed by atoms with Crippen molar-refractivity contribution in [3.8, 4) is 0 Å². The first-order valence-corrected chi connectivity index (χ1v) is 4.89. The molecule has 13 heavy (non-hydrogen) atoms. The lowest BCUT2D eigenvalue weighted by Crippen LogP contribution is -1.93. The molecule has 0 aliphatic rings. The van der Waals surface area contributed by atoms with E-state index >= 15 is 0 Å². The Morgan fingerprint density at radius 3 is 2.46 bits per heavy atom. The molecule has 2 heteroatoms. The third-order valence-corrected chi connectivity index (χ3v) is 1.97. The summed E-state index contributed by atoms with van der Waals surface area (Å²) >= 11 is 0. The first-order chi connectivity index (χ1) is 6.02. The quantitative estimate of drug-likeness (QED) is 0.643. The summed E-state index contributed by atoms with van der Waals surface area (Å²) in [6.45, 7) is 6.47. The second-order valence-electron chi connectivity index (χ2n) is 3.92. The molecule has 0 aromatic carbocycles. The topological polar surface area (TPSA) is 37.3 Å². The van der Waals surface area contributed by atoms with Crippen LogP contribution < -0.4 is 0 Å². The number of carbonyl (C=O) groups is 1. The molecule has 0 rings (SSSR count). The molecule has 0 spiro atoms. The van der Waals surface area contributed by atoms with Crippen molar-refractivity contribution in [1.82, 2.24) is 0 Å². The van der Waals surface area contributed by atoms with Crippen molar-refractivity contribution in [1.29, 1.82) is 0 Å². The van der Waals surface area contributed by atoms with Gasteiger partial charge in [-0.2, -0.15) is 0 Å². The van der Waals surface area contributed by atoms with Gasteiger partial charge < -0.3 is 5.11 Å². The van der Waals surface area contributed by atoms with E-state index in [9.17, 15) is 4.79 Å². The van der Waals surface area contributed by atoms with Gasteiger partial charge in [-0.15, -0.1) is 0 Å². The fourth-order valence-corrected chi connectivity index (χ4v) is 1.06. The van der Waals surface area contributed by atoms with Crippen molar-refractivity contribution in [2.45, 2.75) is 46.5 Å². The number of hydrogen-bond donors (Lipinski definition) is 1. The van der Waals surface area contributed by atoms with Crippen LogP contribution in [-0.2, 0) is 4.79 Å². The molecule has 0 radical (unpaired) electrons. The normalized spacial score (nSPS) is 12.2. The Morgan fingerprint density at radius 1 is 1.38 bits per heavy atom. The zero-order valence-electron chi connectivity index (χ0n) is 8.84. The minimum Gasteiger partial charge on any atom is -0.481 e. The number of carboxylic acid groups (broad SMARTS) is 1. The molecule has 0 bridgehead atoms. The Bertz CT molecular complexity index is 181. The van der Waals surface area contributed by atoms with Gasteiger partial charge in [-0.25, -0.2) is 0 Å². The van der Waals surface area contributed by atoms with Gasteiger partial charge in [0.2, 0.25) is 0 Å². The predicted molar refractivity (Wildman–Crippen MR) is 54.7 cm³/mol. The van der Waals surface area contributed by atoms with E-state index in [1.165, 1.54) is 12.0 Å². The maximum absolute atomic E-state index is 10.2. The second-order valence-corrected chi connectivity index (χ2v) is 3.92. The summed E-state index contributed by atoms with van der Waals surface area (Å²) in [6, 6.07) is 0. The molecule has 0 amide bonds. The van der Waals surface area contributed by atoms with Gasteiger partial charge in [0.25, 0.3) is 0 Å². The first kappa shape index (κ1) is 12.2. The van der Waals surface area contributed by atoms with E-state index in [0.29, 0.717) is 6.42 Å². The summed E-state index contributed by atoms with van der Waals surface area (Å²) < 4.78 is 0. The van der Waals surface area contributed by atoms with Crippen LogP contribution >= 0.6 is 0 Å². The third kappa shape index (κ3) is 9.12. The largest absolute Gasteiger partial charge is 0.481 e. The van der Waals surface area contributed by atoms with Crippen molar-refractivity contribution < 1.29 is 9.90 Å². The number of rotatable bonds is 6. The molecule has 0 aliphatic heterocycles. The minimum absolute atomic E-state index is 0.249. The smallest absolute Gasteiger partial charge is 0.303 e. The van der Waals surface area contributed by atoms with Crippen molar-refractivity contribution in [2.24, 2.45) is 5.92 Å². The molecular formula is C11H20O2. The van der Waals surface area contributed by atoms with Crippen molar-refractivity contribution in [2.75, 3.05) is 0 Å². The molecule has 0 aromatic rings. The van der Waals surface area contributed by atoms with E-state index in [0.717, 1.165) is 12.3 Å². The summed E-state index contributed by atoms with van der Waals surface area (Å²) in [4.78, 5) is 10.2. The van der Waals surface area contributed by atoms with E-state index in [-0.39, 0.29) is 6.42 Å². The van der Waals surface area contributed by atoms with Gasteiger partial charge in [0, 0.05) is 6.42 Å². The molecule has 0 fully saturated rings. The lowest BCUT2D eigenvalue weighted by atomic mass is 10.0. The lowest BCUT2D eigenvalue weighted by Gasteiger charge is -2.04. The lowest BCUT2D eigenvalue weighted by molar-refractivity contribution is -0.136. The van der Waals surface area contributed by atoms with Crippen LogP contribution in [0.4, 0.5) is 0 Å². The summed E-state index contributed by atoms with van der Waals surface area (Å²) in [7, 11) is 0. The number of aliphatic carboxylic acids is 1. The molecule has 1 N–H and O–H groups in total. The summed E-state index contributed by atoms with van der Waals surface area (Å²) in [5.74, 6) is 0.00994. The molecule has 0 unspecified atom stereocenters. The van der Waals surface area contributed by atoms with E-state index in [1.807, 2.05) is 6.08 Å². The molecular weight excluding hydrogens is 164 g/mol. The van der Waals surface area contributed by atoms with Gasteiger partial charge in [-0.05, 0) is 32.1 Å². The van der Waals surface area contributed by atoms with Gasteiger partial charge >= 0.3 is 5.97 Å². The first-order valence-electron chi connectivity index (χ1n) is 4.89. The molecule has 0 saturated carbocycles. The summed E-state index contributed by atoms with van der Waals surface area (Å²) in [5, 5.41) is 8.42. The van der Waals surface area contributed by atoms with Crippen LogP contribution in [0.5, 0.6) is 0 Å². The van der Waals surface area contributed by atoms with Gasteiger partial charge in [-0.3, -0.25) is 4.79 Å². The molecule has 76 valence electrons. The van der Waals surface area contributed by atoms with Crippen LogP contribution in [0.15, 0.2) is 11.6 Å². The monoisotopic (exact) mass is 184 g/mol. The van der Waals surface area contributed by atoms with Gasteiger partial charge in [0.05, 0.1) is 0 Å². The average Bonchev–Trinajstić information content (AvgIpc) is 2.00. The van der Waals surface area contributed by atoms with E-state index < -0.39 is 5.97 Å². The molecule has 0 heterocycles. The molecule has 0 aromatic heterocycles. The van der Waals surface area contributed by atoms with E-state index in [1.54, 1.807) is 0 Å². The SMILES string of the molecule is CC(=CCCC(=O)O)CCC(C)C. The Morgan fingerprint density at radius 2 is 2.00 bits per heavy atom. The Hall–Kier alpha value is -0.790. The van der Waals surface area contributed by atoms with Gasteiger partial charge in [0.15, 0.2) is 0 Å². The van der Waals surface area contributed by atoms with Crippen LogP contribution in [0.25, 0.3) is 0 Å². The number of allylic oxidation sites excluding steroid dienone is 2. The highest BCUT2D eigenvalue weighted by molar-refractivity contribution is 5.66. The van der Waals surface area contributed by atoms with E-state index in [4.69, 9.17) is 5.11 Å². The molecule has 0 saturated heterocycles. The van der Waals surface area contributed by atoms with Crippen LogP contribution in [0.1, 0.15) is 46.5 Å². The molecule has 2 nitrogen and oxygen atoms in total. The maximum atomic E-state index is 10.2. The van der Waals surface area contributed by atoms with Crippen LogP contribution in [0.3, 0.4) is 0 Å². The van der Waals surface area contributed by atoms with Crippen LogP contribution in [0, 0.1) is 5.92 Å². The highest BCUT2D eigenvalue weighted by Gasteiger charge is 1.97. The highest BCUT2D eigenvalue weighted by Crippen LogP contribution is 2.11. The minimum atomic E-state index is -0.715. The van der Waals surface area contributed by atoms with Crippen LogP contribution in [0.2, 0.25) is 0 Å². The highest BCUT2D eigenvalue weighted by atomic mass is 16.4. The average molecular weight is 184 g/mol. The summed E-state index contributed by atoms with van der Waals surface area (Å²) in [5.41, 5.74) is 1.31. The number of hydrogen-bond acceptors (Lipinski definition) is 1. The second kappa shape index (κ2) is 6.70. The maximum Gasteiger partial charge on any atom is 0.303 e. The molecule has 0 atom stereocenters. The Kier molecular flexibility index (Phi) is 6.29. The standard InChI is InChI=1S/C11H20O2/c1-9(2)7-8-10(3)5-4-6-11(12)13/h5,9H,4,6-8H2,1-3H3,(H,12,13). The van der Waals surface area contributed by atoms with Crippen LogP contribution in [-0.4, -0.2) is 11.1 Å². The third-order valence-electron chi connectivity index (χ3n) is 1.97. The predicted octanol–water partition coefficient (Wildman–Crippen LogP) is 3.23. The number of carboxylic acids is 1. The fourth-order valence-electron chi connectivity index (χ4n) is 1.06. The Labute approximate surface area is 80.7 Å².